The minimum Gasteiger partial charge on any atom is -0.388 e. The van der Waals surface area contributed by atoms with Gasteiger partial charge in [0.15, 0.2) is 0 Å². The van der Waals surface area contributed by atoms with Crippen LogP contribution in [0.5, 0.6) is 0 Å². The lowest BCUT2D eigenvalue weighted by Gasteiger charge is -2.20. The Labute approximate surface area is 83.4 Å². The van der Waals surface area contributed by atoms with Gasteiger partial charge in [-0.05, 0) is 20.3 Å². The third kappa shape index (κ3) is 2.78. The predicted molar refractivity (Wildman–Crippen MR) is 51.6 cm³/mol. The zero-order valence-corrected chi connectivity index (χ0v) is 8.80. The lowest BCUT2D eigenvalue weighted by molar-refractivity contribution is 0.0339. The maximum atomic E-state index is 9.77. The van der Waals surface area contributed by atoms with Crippen molar-refractivity contribution >= 4 is 0 Å². The van der Waals surface area contributed by atoms with Crippen LogP contribution in [0.3, 0.4) is 0 Å². The van der Waals surface area contributed by atoms with Gasteiger partial charge in [-0.15, -0.1) is 5.10 Å². The first-order valence-corrected chi connectivity index (χ1v) is 4.75. The summed E-state index contributed by atoms with van der Waals surface area (Å²) in [4.78, 5) is 0. The Morgan fingerprint density at radius 3 is 2.71 bits per heavy atom. The molecule has 0 saturated carbocycles. The molecule has 0 fully saturated rings. The van der Waals surface area contributed by atoms with Gasteiger partial charge >= 0.3 is 0 Å². The fraction of sp³-hybridized carbons (Fsp3) is 0.778. The summed E-state index contributed by atoms with van der Waals surface area (Å²) in [6.07, 6.45) is 1.68. The molecule has 0 saturated heterocycles. The highest BCUT2D eigenvalue weighted by molar-refractivity contribution is 4.95. The van der Waals surface area contributed by atoms with Crippen LogP contribution in [-0.4, -0.2) is 30.8 Å². The van der Waals surface area contributed by atoms with Crippen molar-refractivity contribution < 1.29 is 10.2 Å². The van der Waals surface area contributed by atoms with Crippen molar-refractivity contribution in [2.24, 2.45) is 0 Å². The third-order valence-corrected chi connectivity index (χ3v) is 2.25. The largest absolute Gasteiger partial charge is 0.388 e. The molecule has 80 valence electrons. The van der Waals surface area contributed by atoms with E-state index < -0.39 is 11.7 Å². The van der Waals surface area contributed by atoms with E-state index in [-0.39, 0.29) is 0 Å². The topological polar surface area (TPSA) is 71.2 Å². The molecule has 0 bridgehead atoms. The molecular formula is C9H17N3O2. The summed E-state index contributed by atoms with van der Waals surface area (Å²) >= 11 is 0. The van der Waals surface area contributed by atoms with Crippen molar-refractivity contribution in [3.05, 3.63) is 11.9 Å². The molecule has 5 heteroatoms. The zero-order chi connectivity index (χ0) is 10.8. The van der Waals surface area contributed by atoms with Gasteiger partial charge in [-0.2, -0.15) is 0 Å². The van der Waals surface area contributed by atoms with Gasteiger partial charge in [0.2, 0.25) is 0 Å². The predicted octanol–water partition coefficient (Wildman–Crippen LogP) is 0.492. The molecule has 1 aromatic rings. The van der Waals surface area contributed by atoms with E-state index in [0.717, 1.165) is 0 Å². The number of aliphatic hydroxyl groups is 2. The van der Waals surface area contributed by atoms with Gasteiger partial charge < -0.3 is 10.2 Å². The van der Waals surface area contributed by atoms with Gasteiger partial charge in [0.25, 0.3) is 0 Å². The summed E-state index contributed by atoms with van der Waals surface area (Å²) in [5.41, 5.74) is -0.249. The molecule has 1 heterocycles. The first-order chi connectivity index (χ1) is 6.44. The molecule has 14 heavy (non-hydrogen) atoms. The molecule has 0 radical (unpaired) electrons. The zero-order valence-electron chi connectivity index (χ0n) is 8.80. The van der Waals surface area contributed by atoms with Crippen molar-refractivity contribution in [1.82, 2.24) is 15.0 Å². The van der Waals surface area contributed by atoms with Crippen molar-refractivity contribution in [3.63, 3.8) is 0 Å². The van der Waals surface area contributed by atoms with Crippen LogP contribution in [0.2, 0.25) is 0 Å². The summed E-state index contributed by atoms with van der Waals surface area (Å²) in [5.74, 6) is 0. The monoisotopic (exact) mass is 199 g/mol. The summed E-state index contributed by atoms with van der Waals surface area (Å²) in [6, 6.07) is 0. The highest BCUT2D eigenvalue weighted by Crippen LogP contribution is 2.12. The Bertz CT molecular complexity index is 294. The Hall–Kier alpha value is -0.940. The average molecular weight is 199 g/mol. The second-order valence-corrected chi connectivity index (χ2v) is 3.87. The number of aromatic nitrogens is 3. The Morgan fingerprint density at radius 1 is 1.64 bits per heavy atom. The number of nitrogens with zero attached hydrogens (tertiary/aromatic N) is 3. The standard InChI is InChI=1S/C9H17N3O2/c1-4-9(3,14)6-12-5-8(7(2)13)10-11-12/h5,7,13-14H,4,6H2,1-3H3. The lowest BCUT2D eigenvalue weighted by Crippen LogP contribution is -2.29. The van der Waals surface area contributed by atoms with E-state index in [9.17, 15) is 10.2 Å². The minimum atomic E-state index is -0.774. The van der Waals surface area contributed by atoms with E-state index in [1.54, 1.807) is 24.7 Å². The number of hydrogen-bond donors (Lipinski definition) is 2. The molecule has 0 amide bonds. The van der Waals surface area contributed by atoms with E-state index in [4.69, 9.17) is 0 Å². The van der Waals surface area contributed by atoms with Crippen LogP contribution < -0.4 is 0 Å². The van der Waals surface area contributed by atoms with E-state index in [1.165, 1.54) is 0 Å². The van der Waals surface area contributed by atoms with Crippen molar-refractivity contribution in [1.29, 1.82) is 0 Å². The summed E-state index contributed by atoms with van der Waals surface area (Å²) in [5, 5.41) is 26.6. The van der Waals surface area contributed by atoms with Crippen LogP contribution in [-0.2, 0) is 6.54 Å². The Morgan fingerprint density at radius 2 is 2.29 bits per heavy atom. The van der Waals surface area contributed by atoms with Gasteiger partial charge in [-0.25, -0.2) is 4.68 Å². The van der Waals surface area contributed by atoms with Crippen molar-refractivity contribution in [3.8, 4) is 0 Å². The average Bonchev–Trinajstić information content (AvgIpc) is 2.52. The van der Waals surface area contributed by atoms with Crippen LogP contribution in [0.1, 0.15) is 39.0 Å². The fourth-order valence-corrected chi connectivity index (χ4v) is 1.04. The number of hydrogen-bond acceptors (Lipinski definition) is 4. The van der Waals surface area contributed by atoms with Crippen molar-refractivity contribution in [2.75, 3.05) is 0 Å². The molecule has 0 aliphatic rings. The van der Waals surface area contributed by atoms with Crippen molar-refractivity contribution in [2.45, 2.75) is 45.4 Å². The summed E-state index contributed by atoms with van der Waals surface area (Å²) in [6.45, 7) is 5.68. The van der Waals surface area contributed by atoms with Crippen LogP contribution in [0, 0.1) is 0 Å². The number of rotatable bonds is 4. The fourth-order valence-electron chi connectivity index (χ4n) is 1.04. The van der Waals surface area contributed by atoms with E-state index in [0.29, 0.717) is 18.7 Å². The smallest absolute Gasteiger partial charge is 0.111 e. The molecule has 0 spiro atoms. The van der Waals surface area contributed by atoms with Crippen LogP contribution >= 0.6 is 0 Å². The molecule has 0 aromatic carbocycles. The molecule has 5 nitrogen and oxygen atoms in total. The molecule has 2 N–H and O–H groups in total. The summed E-state index contributed by atoms with van der Waals surface area (Å²) < 4.78 is 1.55. The molecule has 2 unspecified atom stereocenters. The molecule has 1 rings (SSSR count). The van der Waals surface area contributed by atoms with Gasteiger partial charge in [-0.1, -0.05) is 12.1 Å². The van der Waals surface area contributed by atoms with Gasteiger partial charge in [0, 0.05) is 0 Å². The van der Waals surface area contributed by atoms with Gasteiger partial charge in [0.1, 0.15) is 5.69 Å². The first kappa shape index (κ1) is 11.1. The van der Waals surface area contributed by atoms with Crippen LogP contribution in [0.4, 0.5) is 0 Å². The second-order valence-electron chi connectivity index (χ2n) is 3.87. The van der Waals surface area contributed by atoms with Crippen LogP contribution in [0.25, 0.3) is 0 Å². The molecule has 0 aliphatic heterocycles. The number of aliphatic hydroxyl groups excluding tert-OH is 1. The SMILES string of the molecule is CCC(C)(O)Cn1cc(C(C)O)nn1. The second kappa shape index (κ2) is 4.06. The highest BCUT2D eigenvalue weighted by atomic mass is 16.3. The maximum Gasteiger partial charge on any atom is 0.111 e. The normalized spacial score (nSPS) is 17.8. The molecule has 1 aromatic heterocycles. The third-order valence-electron chi connectivity index (χ3n) is 2.25. The van der Waals surface area contributed by atoms with E-state index in [1.807, 2.05) is 6.92 Å². The first-order valence-electron chi connectivity index (χ1n) is 4.75. The van der Waals surface area contributed by atoms with Gasteiger partial charge in [0.05, 0.1) is 24.4 Å². The molecular weight excluding hydrogens is 182 g/mol. The Balaban J connectivity index is 2.69. The van der Waals surface area contributed by atoms with E-state index >= 15 is 0 Å². The highest BCUT2D eigenvalue weighted by Gasteiger charge is 2.19. The maximum absolute atomic E-state index is 9.77. The van der Waals surface area contributed by atoms with Crippen LogP contribution in [0.15, 0.2) is 6.20 Å². The van der Waals surface area contributed by atoms with E-state index in [2.05, 4.69) is 10.3 Å². The quantitative estimate of drug-likeness (QED) is 0.740. The minimum absolute atomic E-state index is 0.392. The Kier molecular flexibility index (Phi) is 3.23. The van der Waals surface area contributed by atoms with Gasteiger partial charge in [-0.3, -0.25) is 0 Å². The molecule has 2 atom stereocenters. The summed E-state index contributed by atoms with van der Waals surface area (Å²) in [7, 11) is 0. The lowest BCUT2D eigenvalue weighted by atomic mass is 10.0. The molecule has 0 aliphatic carbocycles.